The number of aromatic nitrogens is 1. The molecule has 0 amide bonds. The SMILES string of the molecule is NC(=NO)c1ccnc(OCC2CCCC2)c1. The highest BCUT2D eigenvalue weighted by Gasteiger charge is 2.15. The van der Waals surface area contributed by atoms with Gasteiger partial charge in [0.25, 0.3) is 0 Å². The van der Waals surface area contributed by atoms with Crippen LogP contribution in [0, 0.1) is 5.92 Å². The predicted molar refractivity (Wildman–Crippen MR) is 64.2 cm³/mol. The summed E-state index contributed by atoms with van der Waals surface area (Å²) in [5.41, 5.74) is 6.11. The number of oxime groups is 1. The number of amidine groups is 1. The number of nitrogens with zero attached hydrogens (tertiary/aromatic N) is 2. The molecule has 92 valence electrons. The second-order valence-corrected chi connectivity index (χ2v) is 4.33. The maximum absolute atomic E-state index is 8.58. The molecule has 1 fully saturated rings. The number of rotatable bonds is 4. The maximum Gasteiger partial charge on any atom is 0.213 e. The number of nitrogens with two attached hydrogens (primary N) is 1. The van der Waals surface area contributed by atoms with Gasteiger partial charge in [-0.05, 0) is 24.8 Å². The average Bonchev–Trinajstić information content (AvgIpc) is 2.89. The molecule has 0 aliphatic heterocycles. The normalized spacial score (nSPS) is 17.3. The monoisotopic (exact) mass is 235 g/mol. The second-order valence-electron chi connectivity index (χ2n) is 4.33. The Balaban J connectivity index is 1.96. The highest BCUT2D eigenvalue weighted by Crippen LogP contribution is 2.25. The molecule has 2 rings (SSSR count). The summed E-state index contributed by atoms with van der Waals surface area (Å²) < 4.78 is 5.62. The van der Waals surface area contributed by atoms with Gasteiger partial charge in [-0.1, -0.05) is 18.0 Å². The third kappa shape index (κ3) is 3.09. The van der Waals surface area contributed by atoms with E-state index in [1.54, 1.807) is 18.3 Å². The zero-order valence-electron chi connectivity index (χ0n) is 9.67. The Morgan fingerprint density at radius 1 is 1.53 bits per heavy atom. The largest absolute Gasteiger partial charge is 0.477 e. The Hall–Kier alpha value is -1.78. The summed E-state index contributed by atoms with van der Waals surface area (Å²) in [6.07, 6.45) is 6.66. The molecule has 5 heteroatoms. The van der Waals surface area contributed by atoms with E-state index in [-0.39, 0.29) is 5.84 Å². The van der Waals surface area contributed by atoms with Crippen molar-refractivity contribution in [3.63, 3.8) is 0 Å². The highest BCUT2D eigenvalue weighted by molar-refractivity contribution is 5.97. The molecule has 0 unspecified atom stereocenters. The van der Waals surface area contributed by atoms with Gasteiger partial charge in [0.15, 0.2) is 5.84 Å². The van der Waals surface area contributed by atoms with Crippen LogP contribution < -0.4 is 10.5 Å². The van der Waals surface area contributed by atoms with E-state index in [4.69, 9.17) is 15.7 Å². The number of ether oxygens (including phenoxy) is 1. The lowest BCUT2D eigenvalue weighted by atomic mass is 10.1. The fourth-order valence-corrected chi connectivity index (χ4v) is 2.09. The van der Waals surface area contributed by atoms with E-state index >= 15 is 0 Å². The Kier molecular flexibility index (Phi) is 3.80. The van der Waals surface area contributed by atoms with Gasteiger partial charge >= 0.3 is 0 Å². The molecule has 3 N–H and O–H groups in total. The van der Waals surface area contributed by atoms with Crippen LogP contribution >= 0.6 is 0 Å². The highest BCUT2D eigenvalue weighted by atomic mass is 16.5. The topological polar surface area (TPSA) is 80.7 Å². The summed E-state index contributed by atoms with van der Waals surface area (Å²) in [5.74, 6) is 1.24. The first-order chi connectivity index (χ1) is 8.29. The van der Waals surface area contributed by atoms with Crippen LogP contribution in [0.1, 0.15) is 31.2 Å². The van der Waals surface area contributed by atoms with E-state index in [1.165, 1.54) is 25.7 Å². The Morgan fingerprint density at radius 3 is 3.00 bits per heavy atom. The van der Waals surface area contributed by atoms with Gasteiger partial charge in [0.05, 0.1) is 6.61 Å². The Morgan fingerprint density at radius 2 is 2.29 bits per heavy atom. The van der Waals surface area contributed by atoms with Gasteiger partial charge < -0.3 is 15.7 Å². The second kappa shape index (κ2) is 5.52. The van der Waals surface area contributed by atoms with Crippen molar-refractivity contribution in [3.8, 4) is 5.88 Å². The Labute approximate surface area is 100 Å². The first-order valence-electron chi connectivity index (χ1n) is 5.86. The van der Waals surface area contributed by atoms with Crippen LogP contribution in [0.25, 0.3) is 0 Å². The minimum atomic E-state index is 0.0677. The van der Waals surface area contributed by atoms with Crippen molar-refractivity contribution in [3.05, 3.63) is 23.9 Å². The molecule has 0 aromatic carbocycles. The summed E-state index contributed by atoms with van der Waals surface area (Å²) in [6.45, 7) is 0.701. The quantitative estimate of drug-likeness (QED) is 0.360. The lowest BCUT2D eigenvalue weighted by Gasteiger charge is -2.10. The van der Waals surface area contributed by atoms with E-state index in [2.05, 4.69) is 10.1 Å². The molecule has 1 aromatic heterocycles. The zero-order chi connectivity index (χ0) is 12.1. The minimum absolute atomic E-state index is 0.0677. The molecule has 5 nitrogen and oxygen atoms in total. The fraction of sp³-hybridized carbons (Fsp3) is 0.500. The molecule has 1 saturated carbocycles. The van der Waals surface area contributed by atoms with E-state index < -0.39 is 0 Å². The number of hydrogen-bond donors (Lipinski definition) is 2. The molecule has 0 atom stereocenters. The molecule has 0 spiro atoms. The van der Waals surface area contributed by atoms with E-state index in [0.717, 1.165) is 0 Å². The van der Waals surface area contributed by atoms with Gasteiger partial charge in [-0.3, -0.25) is 0 Å². The van der Waals surface area contributed by atoms with Crippen LogP contribution in [-0.4, -0.2) is 22.6 Å². The first-order valence-corrected chi connectivity index (χ1v) is 5.86. The van der Waals surface area contributed by atoms with Gasteiger partial charge in [-0.15, -0.1) is 0 Å². The van der Waals surface area contributed by atoms with Crippen LogP contribution in [-0.2, 0) is 0 Å². The van der Waals surface area contributed by atoms with Gasteiger partial charge in [0.1, 0.15) is 0 Å². The zero-order valence-corrected chi connectivity index (χ0v) is 9.67. The van der Waals surface area contributed by atoms with Crippen LogP contribution in [0.15, 0.2) is 23.5 Å². The van der Waals surface area contributed by atoms with Crippen LogP contribution in [0.4, 0.5) is 0 Å². The van der Waals surface area contributed by atoms with Crippen molar-refractivity contribution in [2.45, 2.75) is 25.7 Å². The first kappa shape index (κ1) is 11.7. The summed E-state index contributed by atoms with van der Waals surface area (Å²) in [6, 6.07) is 3.36. The summed E-state index contributed by atoms with van der Waals surface area (Å²) in [4.78, 5) is 4.10. The standard InChI is InChI=1S/C12H17N3O2/c13-12(15-16)10-5-6-14-11(7-10)17-8-9-3-1-2-4-9/h5-7,9,16H,1-4,8H2,(H2,13,15). The molecule has 1 aliphatic rings. The van der Waals surface area contributed by atoms with Crippen molar-refractivity contribution in [2.24, 2.45) is 16.8 Å². The fourth-order valence-electron chi connectivity index (χ4n) is 2.09. The molecular weight excluding hydrogens is 218 g/mol. The molecular formula is C12H17N3O2. The molecule has 1 heterocycles. The number of pyridine rings is 1. The van der Waals surface area contributed by atoms with Gasteiger partial charge in [0.2, 0.25) is 5.88 Å². The van der Waals surface area contributed by atoms with Crippen molar-refractivity contribution in [2.75, 3.05) is 6.61 Å². The molecule has 17 heavy (non-hydrogen) atoms. The van der Waals surface area contributed by atoms with Crippen molar-refractivity contribution in [1.29, 1.82) is 0 Å². The van der Waals surface area contributed by atoms with E-state index in [9.17, 15) is 0 Å². The molecule has 1 aliphatic carbocycles. The third-order valence-electron chi connectivity index (χ3n) is 3.08. The van der Waals surface area contributed by atoms with Gasteiger partial charge in [0, 0.05) is 17.8 Å². The lowest BCUT2D eigenvalue weighted by molar-refractivity contribution is 0.243. The van der Waals surface area contributed by atoms with Gasteiger partial charge in [-0.2, -0.15) is 0 Å². The van der Waals surface area contributed by atoms with E-state index in [1.807, 2.05) is 0 Å². The molecule has 1 aromatic rings. The molecule has 0 saturated heterocycles. The summed E-state index contributed by atoms with van der Waals surface area (Å²) in [7, 11) is 0. The summed E-state index contributed by atoms with van der Waals surface area (Å²) >= 11 is 0. The summed E-state index contributed by atoms with van der Waals surface area (Å²) in [5, 5.41) is 11.5. The third-order valence-corrected chi connectivity index (χ3v) is 3.08. The van der Waals surface area contributed by atoms with E-state index in [0.29, 0.717) is 24.0 Å². The van der Waals surface area contributed by atoms with Crippen LogP contribution in [0.2, 0.25) is 0 Å². The van der Waals surface area contributed by atoms with Crippen LogP contribution in [0.3, 0.4) is 0 Å². The van der Waals surface area contributed by atoms with Crippen molar-refractivity contribution >= 4 is 5.84 Å². The average molecular weight is 235 g/mol. The van der Waals surface area contributed by atoms with Crippen molar-refractivity contribution < 1.29 is 9.94 Å². The Bertz CT molecular complexity index is 400. The minimum Gasteiger partial charge on any atom is -0.477 e. The van der Waals surface area contributed by atoms with Gasteiger partial charge in [-0.25, -0.2) is 4.98 Å². The number of hydrogen-bond acceptors (Lipinski definition) is 4. The van der Waals surface area contributed by atoms with Crippen molar-refractivity contribution in [1.82, 2.24) is 4.98 Å². The molecule has 0 bridgehead atoms. The smallest absolute Gasteiger partial charge is 0.213 e. The predicted octanol–water partition coefficient (Wildman–Crippen LogP) is 1.75. The molecule has 0 radical (unpaired) electrons. The maximum atomic E-state index is 8.58. The lowest BCUT2D eigenvalue weighted by Crippen LogP contribution is -2.14. The van der Waals surface area contributed by atoms with Crippen LogP contribution in [0.5, 0.6) is 5.88 Å².